The SMILES string of the molecule is COc1ccccc1N1CCN([C@@H](c2cc3cccc(C)c3[nH]c2=O)c2nnnn2CCc2ccccc2)CC1. The molecular formula is C31H33N7O2. The van der Waals surface area contributed by atoms with E-state index in [4.69, 9.17) is 4.74 Å². The first-order valence-electron chi connectivity index (χ1n) is 13.7. The lowest BCUT2D eigenvalue weighted by atomic mass is 10.0. The highest BCUT2D eigenvalue weighted by Crippen LogP contribution is 2.32. The first-order chi connectivity index (χ1) is 19.6. The van der Waals surface area contributed by atoms with Gasteiger partial charge in [0.05, 0.1) is 18.3 Å². The lowest BCUT2D eigenvalue weighted by Gasteiger charge is -2.40. The number of hydrogen-bond acceptors (Lipinski definition) is 7. The number of hydrogen-bond donors (Lipinski definition) is 1. The average Bonchev–Trinajstić information content (AvgIpc) is 3.46. The summed E-state index contributed by atoms with van der Waals surface area (Å²) in [5.41, 5.74) is 4.73. The van der Waals surface area contributed by atoms with Gasteiger partial charge >= 0.3 is 0 Å². The van der Waals surface area contributed by atoms with Crippen LogP contribution in [-0.4, -0.2) is 63.4 Å². The Morgan fingerprint density at radius 2 is 1.73 bits per heavy atom. The van der Waals surface area contributed by atoms with Crippen LogP contribution in [-0.2, 0) is 13.0 Å². The van der Waals surface area contributed by atoms with E-state index in [0.717, 1.165) is 60.5 Å². The van der Waals surface area contributed by atoms with Crippen molar-refractivity contribution in [3.8, 4) is 5.75 Å². The number of para-hydroxylation sites is 3. The number of tetrazole rings is 1. The van der Waals surface area contributed by atoms with Crippen LogP contribution >= 0.6 is 0 Å². The molecule has 204 valence electrons. The highest BCUT2D eigenvalue weighted by molar-refractivity contribution is 5.82. The average molecular weight is 536 g/mol. The molecule has 6 rings (SSSR count). The molecule has 0 spiro atoms. The Morgan fingerprint density at radius 1 is 0.950 bits per heavy atom. The standard InChI is InChI=1S/C31H33N7O2/c1-22-9-8-12-24-21-25(31(39)32-28(22)24)29(30-33-34-35-38(30)16-15-23-10-4-3-5-11-23)37-19-17-36(18-20-37)26-13-6-7-14-27(26)40-2/h3-14,21,29H,15-20H2,1-2H3,(H,32,39)/t29-/m0/s1. The third kappa shape index (κ3) is 5.08. The maximum Gasteiger partial charge on any atom is 0.253 e. The fourth-order valence-corrected chi connectivity index (χ4v) is 5.66. The fourth-order valence-electron chi connectivity index (χ4n) is 5.66. The minimum atomic E-state index is -0.390. The van der Waals surface area contributed by atoms with Crippen LogP contribution in [0.1, 0.15) is 28.6 Å². The highest BCUT2D eigenvalue weighted by Gasteiger charge is 2.33. The smallest absolute Gasteiger partial charge is 0.253 e. The van der Waals surface area contributed by atoms with E-state index in [9.17, 15) is 4.79 Å². The van der Waals surface area contributed by atoms with Crippen LogP contribution in [0.25, 0.3) is 10.9 Å². The van der Waals surface area contributed by atoms with E-state index in [-0.39, 0.29) is 11.6 Å². The summed E-state index contributed by atoms with van der Waals surface area (Å²) in [7, 11) is 1.70. The molecule has 0 amide bonds. The number of aryl methyl sites for hydroxylation is 3. The van der Waals surface area contributed by atoms with Gasteiger partial charge in [-0.1, -0.05) is 60.7 Å². The van der Waals surface area contributed by atoms with E-state index in [1.165, 1.54) is 5.56 Å². The number of nitrogens with one attached hydrogen (secondary N) is 1. The summed E-state index contributed by atoms with van der Waals surface area (Å²) in [4.78, 5) is 21.4. The summed E-state index contributed by atoms with van der Waals surface area (Å²) in [5.74, 6) is 1.54. The molecule has 3 aromatic carbocycles. The number of aromatic nitrogens is 5. The number of fused-ring (bicyclic) bond motifs is 1. The molecule has 0 radical (unpaired) electrons. The van der Waals surface area contributed by atoms with Crippen molar-refractivity contribution < 1.29 is 4.74 Å². The number of aromatic amines is 1. The maximum atomic E-state index is 13.6. The van der Waals surface area contributed by atoms with E-state index < -0.39 is 0 Å². The molecule has 1 aliphatic rings. The molecule has 1 atom stereocenters. The number of benzene rings is 3. The number of pyridine rings is 1. The van der Waals surface area contributed by atoms with Crippen molar-refractivity contribution in [1.29, 1.82) is 0 Å². The molecule has 0 saturated carbocycles. The van der Waals surface area contributed by atoms with Gasteiger partial charge in [-0.2, -0.15) is 0 Å². The Labute approximate surface area is 233 Å². The van der Waals surface area contributed by atoms with Crippen LogP contribution in [0.2, 0.25) is 0 Å². The van der Waals surface area contributed by atoms with Crippen molar-refractivity contribution in [1.82, 2.24) is 30.1 Å². The van der Waals surface area contributed by atoms with E-state index in [0.29, 0.717) is 17.9 Å². The van der Waals surface area contributed by atoms with Gasteiger partial charge in [0.2, 0.25) is 0 Å². The maximum absolute atomic E-state index is 13.6. The Kier molecular flexibility index (Phi) is 7.29. The van der Waals surface area contributed by atoms with Crippen molar-refractivity contribution in [2.24, 2.45) is 0 Å². The van der Waals surface area contributed by atoms with Gasteiger partial charge in [0, 0.05) is 38.3 Å². The topological polar surface area (TPSA) is 92.2 Å². The van der Waals surface area contributed by atoms with Crippen LogP contribution < -0.4 is 15.2 Å². The second-order valence-electron chi connectivity index (χ2n) is 10.2. The summed E-state index contributed by atoms with van der Waals surface area (Å²) < 4.78 is 7.47. The molecule has 0 unspecified atom stereocenters. The molecule has 0 bridgehead atoms. The number of H-pyrrole nitrogens is 1. The molecule has 3 heterocycles. The third-order valence-electron chi connectivity index (χ3n) is 7.78. The number of nitrogens with zero attached hydrogens (tertiary/aromatic N) is 6. The van der Waals surface area contributed by atoms with Crippen molar-refractivity contribution in [2.75, 3.05) is 38.2 Å². The van der Waals surface area contributed by atoms with E-state index in [2.05, 4.69) is 48.5 Å². The molecule has 1 aliphatic heterocycles. The second kappa shape index (κ2) is 11.3. The zero-order valence-corrected chi connectivity index (χ0v) is 22.8. The van der Waals surface area contributed by atoms with Gasteiger partial charge in [-0.05, 0) is 58.5 Å². The van der Waals surface area contributed by atoms with Crippen LogP contribution in [0.5, 0.6) is 5.75 Å². The minimum absolute atomic E-state index is 0.114. The largest absolute Gasteiger partial charge is 0.495 e. The van der Waals surface area contributed by atoms with E-state index in [1.54, 1.807) is 7.11 Å². The summed E-state index contributed by atoms with van der Waals surface area (Å²) >= 11 is 0. The fraction of sp³-hybridized carbons (Fsp3) is 0.290. The van der Waals surface area contributed by atoms with Crippen molar-refractivity contribution in [2.45, 2.75) is 25.9 Å². The highest BCUT2D eigenvalue weighted by atomic mass is 16.5. The van der Waals surface area contributed by atoms with Crippen molar-refractivity contribution in [3.63, 3.8) is 0 Å². The molecule has 9 nitrogen and oxygen atoms in total. The molecule has 1 N–H and O–H groups in total. The van der Waals surface area contributed by atoms with Crippen molar-refractivity contribution >= 4 is 16.6 Å². The van der Waals surface area contributed by atoms with Crippen LogP contribution in [0.4, 0.5) is 5.69 Å². The predicted molar refractivity (Wildman–Crippen MR) is 156 cm³/mol. The second-order valence-corrected chi connectivity index (χ2v) is 10.2. The lowest BCUT2D eigenvalue weighted by molar-refractivity contribution is 0.199. The summed E-state index contributed by atoms with van der Waals surface area (Å²) in [6.45, 7) is 5.67. The number of rotatable bonds is 8. The molecule has 1 fully saturated rings. The zero-order valence-electron chi connectivity index (χ0n) is 22.8. The Morgan fingerprint density at radius 3 is 2.52 bits per heavy atom. The van der Waals surface area contributed by atoms with Gasteiger partial charge in [0.1, 0.15) is 11.8 Å². The van der Waals surface area contributed by atoms with E-state index >= 15 is 0 Å². The monoisotopic (exact) mass is 535 g/mol. The molecule has 0 aliphatic carbocycles. The Balaban J connectivity index is 1.35. The van der Waals surface area contributed by atoms with Gasteiger partial charge in [-0.25, -0.2) is 4.68 Å². The quantitative estimate of drug-likeness (QED) is 0.321. The molecule has 2 aromatic heterocycles. The first kappa shape index (κ1) is 25.8. The van der Waals surface area contributed by atoms with Crippen LogP contribution in [0.15, 0.2) is 83.7 Å². The number of ether oxygens (including phenoxy) is 1. The Hall–Kier alpha value is -4.50. The number of anilines is 1. The van der Waals surface area contributed by atoms with Crippen LogP contribution in [0.3, 0.4) is 0 Å². The summed E-state index contributed by atoms with van der Waals surface area (Å²) in [6.07, 6.45) is 0.792. The molecule has 5 aromatic rings. The summed E-state index contributed by atoms with van der Waals surface area (Å²) in [6, 6.07) is 26.1. The zero-order chi connectivity index (χ0) is 27.5. The van der Waals surface area contributed by atoms with Gasteiger partial charge in [0.25, 0.3) is 5.56 Å². The Bertz CT molecular complexity index is 1660. The number of piperazine rings is 1. The molecular weight excluding hydrogens is 502 g/mol. The molecule has 9 heteroatoms. The minimum Gasteiger partial charge on any atom is -0.495 e. The normalized spacial score (nSPS) is 14.9. The van der Waals surface area contributed by atoms with Crippen LogP contribution in [0, 0.1) is 6.92 Å². The van der Waals surface area contributed by atoms with Gasteiger partial charge in [-0.15, -0.1) is 5.10 Å². The predicted octanol–water partition coefficient (Wildman–Crippen LogP) is 3.99. The van der Waals surface area contributed by atoms with Gasteiger partial charge in [-0.3, -0.25) is 9.69 Å². The number of methoxy groups -OCH3 is 1. The first-order valence-corrected chi connectivity index (χ1v) is 13.7. The van der Waals surface area contributed by atoms with E-state index in [1.807, 2.05) is 72.3 Å². The van der Waals surface area contributed by atoms with Gasteiger partial charge < -0.3 is 14.6 Å². The van der Waals surface area contributed by atoms with Crippen molar-refractivity contribution in [3.05, 3.63) is 112 Å². The van der Waals surface area contributed by atoms with Gasteiger partial charge in [0.15, 0.2) is 5.82 Å². The summed E-state index contributed by atoms with van der Waals surface area (Å²) in [5, 5.41) is 13.9. The lowest BCUT2D eigenvalue weighted by Crippen LogP contribution is -2.49. The molecule has 1 saturated heterocycles. The third-order valence-corrected chi connectivity index (χ3v) is 7.78. The molecule has 40 heavy (non-hydrogen) atoms.